The number of benzene rings is 1. The lowest BCUT2D eigenvalue weighted by Crippen LogP contribution is -2.31. The van der Waals surface area contributed by atoms with E-state index < -0.39 is 6.10 Å². The number of hydrogen-bond acceptors (Lipinski definition) is 3. The minimum atomic E-state index is -0.489. The number of carbonyl (C=O) groups excluding carboxylic acids is 1. The Morgan fingerprint density at radius 2 is 2.00 bits per heavy atom. The highest BCUT2D eigenvalue weighted by Gasteiger charge is 2.07. The summed E-state index contributed by atoms with van der Waals surface area (Å²) in [6.07, 6.45) is -0.489. The Kier molecular flexibility index (Phi) is 4.97. The molecule has 0 aliphatic carbocycles. The fraction of sp³-hybridized carbons (Fsp3) is 0.462. The molecule has 0 radical (unpaired) electrons. The molecule has 0 saturated carbocycles. The first kappa shape index (κ1) is 13.5. The van der Waals surface area contributed by atoms with E-state index in [2.05, 4.69) is 0 Å². The topological polar surface area (TPSA) is 49.8 Å². The molecule has 1 rings (SSSR count). The Bertz CT molecular complexity index is 359. The molecule has 1 N–H and O–H groups in total. The molecule has 1 atom stereocenters. The first-order chi connectivity index (χ1) is 8.04. The van der Waals surface area contributed by atoms with Crippen LogP contribution in [0.2, 0.25) is 0 Å². The van der Waals surface area contributed by atoms with Crippen molar-refractivity contribution in [3.63, 3.8) is 0 Å². The Hall–Kier alpha value is -1.55. The summed E-state index contributed by atoms with van der Waals surface area (Å²) in [5.41, 5.74) is 0.828. The monoisotopic (exact) mass is 237 g/mol. The summed E-state index contributed by atoms with van der Waals surface area (Å²) in [4.78, 5) is 13.1. The molecule has 4 nitrogen and oxygen atoms in total. The maximum atomic E-state index is 11.5. The average molecular weight is 237 g/mol. The molecule has 0 saturated heterocycles. The quantitative estimate of drug-likeness (QED) is 0.846. The van der Waals surface area contributed by atoms with E-state index in [9.17, 15) is 9.90 Å². The fourth-order valence-electron chi connectivity index (χ4n) is 1.27. The number of aliphatic hydroxyl groups excluding tert-OH is 1. The zero-order chi connectivity index (χ0) is 12.8. The third kappa shape index (κ3) is 4.07. The predicted molar refractivity (Wildman–Crippen MR) is 65.9 cm³/mol. The lowest BCUT2D eigenvalue weighted by atomic mass is 10.1. The van der Waals surface area contributed by atoms with Gasteiger partial charge < -0.3 is 14.7 Å². The van der Waals surface area contributed by atoms with Gasteiger partial charge in [-0.05, 0) is 31.5 Å². The first-order valence-electron chi connectivity index (χ1n) is 5.69. The lowest BCUT2D eigenvalue weighted by Gasteiger charge is -2.15. The van der Waals surface area contributed by atoms with Crippen molar-refractivity contribution in [2.45, 2.75) is 20.0 Å². The normalized spacial score (nSPS) is 12.0. The second-order valence-corrected chi connectivity index (χ2v) is 3.94. The van der Waals surface area contributed by atoms with Gasteiger partial charge in [-0.2, -0.15) is 0 Å². The fourth-order valence-corrected chi connectivity index (χ4v) is 1.27. The molecule has 0 spiro atoms. The molecule has 0 heterocycles. The molecular formula is C13H19NO3. The molecule has 0 fully saturated rings. The van der Waals surface area contributed by atoms with Crippen LogP contribution in [0.3, 0.4) is 0 Å². The van der Waals surface area contributed by atoms with Crippen LogP contribution in [-0.2, 0) is 4.79 Å². The van der Waals surface area contributed by atoms with Gasteiger partial charge in [0.25, 0.3) is 5.91 Å². The van der Waals surface area contributed by atoms with Crippen LogP contribution < -0.4 is 4.74 Å². The number of ether oxygens (including phenoxy) is 1. The van der Waals surface area contributed by atoms with Gasteiger partial charge in [-0.3, -0.25) is 4.79 Å². The highest BCUT2D eigenvalue weighted by Crippen LogP contribution is 2.17. The number of carbonyl (C=O) groups is 1. The van der Waals surface area contributed by atoms with Crippen LogP contribution in [0.1, 0.15) is 25.5 Å². The van der Waals surface area contributed by atoms with Crippen LogP contribution in [0.5, 0.6) is 5.75 Å². The maximum absolute atomic E-state index is 11.5. The van der Waals surface area contributed by atoms with Gasteiger partial charge in [0.05, 0.1) is 6.10 Å². The number of hydrogen-bond donors (Lipinski definition) is 1. The van der Waals surface area contributed by atoms with Gasteiger partial charge in [-0.1, -0.05) is 12.1 Å². The maximum Gasteiger partial charge on any atom is 0.260 e. The smallest absolute Gasteiger partial charge is 0.260 e. The van der Waals surface area contributed by atoms with Crippen molar-refractivity contribution >= 4 is 5.91 Å². The van der Waals surface area contributed by atoms with Gasteiger partial charge in [0.2, 0.25) is 0 Å². The summed E-state index contributed by atoms with van der Waals surface area (Å²) in [7, 11) is 1.74. The zero-order valence-corrected chi connectivity index (χ0v) is 10.5. The van der Waals surface area contributed by atoms with Crippen LogP contribution in [0, 0.1) is 0 Å². The van der Waals surface area contributed by atoms with Gasteiger partial charge in [-0.25, -0.2) is 0 Å². The van der Waals surface area contributed by atoms with Gasteiger partial charge in [0.15, 0.2) is 6.61 Å². The number of rotatable bonds is 5. The summed E-state index contributed by atoms with van der Waals surface area (Å²) >= 11 is 0. The van der Waals surface area contributed by atoms with Crippen molar-refractivity contribution in [1.29, 1.82) is 0 Å². The number of aliphatic hydroxyl groups is 1. The van der Waals surface area contributed by atoms with E-state index in [0.29, 0.717) is 12.3 Å². The first-order valence-corrected chi connectivity index (χ1v) is 5.69. The van der Waals surface area contributed by atoms with E-state index >= 15 is 0 Å². The largest absolute Gasteiger partial charge is 0.484 e. The number of likely N-dealkylation sites (N-methyl/N-ethyl adjacent to an activating group) is 1. The van der Waals surface area contributed by atoms with E-state index in [1.165, 1.54) is 0 Å². The predicted octanol–water partition coefficient (Wildman–Crippen LogP) is 1.60. The lowest BCUT2D eigenvalue weighted by molar-refractivity contribution is -0.131. The van der Waals surface area contributed by atoms with Crippen LogP contribution in [-0.4, -0.2) is 36.1 Å². The molecule has 0 aromatic heterocycles. The number of nitrogens with zero attached hydrogens (tertiary/aromatic N) is 1. The second-order valence-electron chi connectivity index (χ2n) is 3.94. The Morgan fingerprint density at radius 3 is 2.47 bits per heavy atom. The van der Waals surface area contributed by atoms with Crippen LogP contribution in [0.4, 0.5) is 0 Å². The van der Waals surface area contributed by atoms with Crippen molar-refractivity contribution in [2.24, 2.45) is 0 Å². The van der Waals surface area contributed by atoms with Crippen molar-refractivity contribution in [3.05, 3.63) is 29.8 Å². The summed E-state index contributed by atoms with van der Waals surface area (Å²) < 4.78 is 5.35. The van der Waals surface area contributed by atoms with E-state index in [1.54, 1.807) is 43.1 Å². The summed E-state index contributed by atoms with van der Waals surface area (Å²) in [6, 6.07) is 7.07. The van der Waals surface area contributed by atoms with E-state index in [-0.39, 0.29) is 12.5 Å². The minimum absolute atomic E-state index is 0.0400. The van der Waals surface area contributed by atoms with Crippen molar-refractivity contribution in [2.75, 3.05) is 20.2 Å². The molecule has 4 heteroatoms. The minimum Gasteiger partial charge on any atom is -0.484 e. The number of amides is 1. The van der Waals surface area contributed by atoms with Crippen molar-refractivity contribution in [1.82, 2.24) is 4.90 Å². The van der Waals surface area contributed by atoms with Crippen LogP contribution in [0.15, 0.2) is 24.3 Å². The standard InChI is InChI=1S/C13H19NO3/c1-4-14(3)13(16)9-17-12-7-5-11(6-8-12)10(2)15/h5-8,10,15H,4,9H2,1-3H3. The summed E-state index contributed by atoms with van der Waals surface area (Å²) in [6.45, 7) is 4.33. The van der Waals surface area contributed by atoms with E-state index in [0.717, 1.165) is 5.56 Å². The average Bonchev–Trinajstić information content (AvgIpc) is 2.35. The zero-order valence-electron chi connectivity index (χ0n) is 10.5. The molecular weight excluding hydrogens is 218 g/mol. The molecule has 94 valence electrons. The van der Waals surface area contributed by atoms with E-state index in [1.807, 2.05) is 6.92 Å². The Morgan fingerprint density at radius 1 is 1.41 bits per heavy atom. The molecule has 1 unspecified atom stereocenters. The molecule has 1 amide bonds. The van der Waals surface area contributed by atoms with Crippen molar-refractivity contribution < 1.29 is 14.6 Å². The van der Waals surface area contributed by atoms with Gasteiger partial charge in [0.1, 0.15) is 5.75 Å². The molecule has 0 aliphatic heterocycles. The summed E-state index contributed by atoms with van der Waals surface area (Å²) in [5.74, 6) is 0.583. The van der Waals surface area contributed by atoms with Gasteiger partial charge in [0, 0.05) is 13.6 Å². The van der Waals surface area contributed by atoms with E-state index in [4.69, 9.17) is 4.74 Å². The third-order valence-electron chi connectivity index (χ3n) is 2.62. The highest BCUT2D eigenvalue weighted by atomic mass is 16.5. The van der Waals surface area contributed by atoms with Crippen LogP contribution >= 0.6 is 0 Å². The van der Waals surface area contributed by atoms with Gasteiger partial charge >= 0.3 is 0 Å². The van der Waals surface area contributed by atoms with Gasteiger partial charge in [-0.15, -0.1) is 0 Å². The third-order valence-corrected chi connectivity index (χ3v) is 2.62. The Labute approximate surface area is 102 Å². The second kappa shape index (κ2) is 6.25. The SMILES string of the molecule is CCN(C)C(=O)COc1ccc(C(C)O)cc1. The van der Waals surface area contributed by atoms with Crippen LogP contribution in [0.25, 0.3) is 0 Å². The molecule has 17 heavy (non-hydrogen) atoms. The molecule has 0 bridgehead atoms. The molecule has 1 aromatic carbocycles. The molecule has 0 aliphatic rings. The Balaban J connectivity index is 2.50. The highest BCUT2D eigenvalue weighted by molar-refractivity contribution is 5.77. The van der Waals surface area contributed by atoms with Crippen molar-refractivity contribution in [3.8, 4) is 5.75 Å². The summed E-state index contributed by atoms with van der Waals surface area (Å²) in [5, 5.41) is 9.34. The molecule has 1 aromatic rings.